The third-order valence-corrected chi connectivity index (χ3v) is 4.48. The molecule has 0 saturated carbocycles. The average molecular weight is 332 g/mol. The van der Waals surface area contributed by atoms with Crippen LogP contribution in [-0.4, -0.2) is 6.54 Å². The molecule has 20 heavy (non-hydrogen) atoms. The minimum Gasteiger partial charge on any atom is -0.306 e. The van der Waals surface area contributed by atoms with Gasteiger partial charge in [0.05, 0.1) is 6.04 Å². The van der Waals surface area contributed by atoms with Gasteiger partial charge in [-0.1, -0.05) is 59.3 Å². The van der Waals surface area contributed by atoms with Gasteiger partial charge in [-0.05, 0) is 55.1 Å². The molecule has 0 fully saturated rings. The van der Waals surface area contributed by atoms with Gasteiger partial charge in [-0.25, -0.2) is 0 Å². The van der Waals surface area contributed by atoms with Crippen LogP contribution in [0.4, 0.5) is 0 Å². The second-order valence-electron chi connectivity index (χ2n) is 5.25. The van der Waals surface area contributed by atoms with Gasteiger partial charge in [0, 0.05) is 4.47 Å². The Bertz CT molecular complexity index is 577. The molecule has 0 radical (unpaired) electrons. The second-order valence-corrected chi connectivity index (χ2v) is 6.11. The van der Waals surface area contributed by atoms with Gasteiger partial charge >= 0.3 is 0 Å². The highest BCUT2D eigenvalue weighted by Gasteiger charge is 2.15. The quantitative estimate of drug-likeness (QED) is 0.798. The Kier molecular flexibility index (Phi) is 5.38. The van der Waals surface area contributed by atoms with Crippen molar-refractivity contribution in [1.82, 2.24) is 5.32 Å². The predicted octanol–water partition coefficient (Wildman–Crippen LogP) is 5.15. The van der Waals surface area contributed by atoms with E-state index in [4.69, 9.17) is 0 Å². The van der Waals surface area contributed by atoms with Crippen LogP contribution in [0, 0.1) is 13.8 Å². The third-order valence-electron chi connectivity index (χ3n) is 3.63. The van der Waals surface area contributed by atoms with E-state index < -0.39 is 0 Å². The number of benzene rings is 2. The fraction of sp³-hybridized carbons (Fsp3) is 0.333. The molecule has 2 rings (SSSR count). The summed E-state index contributed by atoms with van der Waals surface area (Å²) in [5.74, 6) is 0. The molecule has 0 saturated heterocycles. The Labute approximate surface area is 130 Å². The van der Waals surface area contributed by atoms with E-state index in [1.807, 2.05) is 0 Å². The summed E-state index contributed by atoms with van der Waals surface area (Å²) in [5, 5.41) is 3.67. The summed E-state index contributed by atoms with van der Waals surface area (Å²) in [7, 11) is 0. The van der Waals surface area contributed by atoms with Gasteiger partial charge in [0.2, 0.25) is 0 Å². The molecule has 2 aromatic rings. The van der Waals surface area contributed by atoms with Crippen molar-refractivity contribution < 1.29 is 0 Å². The van der Waals surface area contributed by atoms with Gasteiger partial charge in [0.15, 0.2) is 0 Å². The maximum Gasteiger partial charge on any atom is 0.0579 e. The number of aryl methyl sites for hydroxylation is 2. The SMILES string of the molecule is CCCNC(c1ccc(C)c(Br)c1)c1ccccc1C. The summed E-state index contributed by atoms with van der Waals surface area (Å²) in [6.45, 7) is 7.52. The van der Waals surface area contributed by atoms with Crippen molar-refractivity contribution in [3.63, 3.8) is 0 Å². The zero-order chi connectivity index (χ0) is 14.5. The third kappa shape index (κ3) is 3.50. The van der Waals surface area contributed by atoms with Crippen LogP contribution in [0.2, 0.25) is 0 Å². The summed E-state index contributed by atoms with van der Waals surface area (Å²) in [6.07, 6.45) is 1.13. The summed E-state index contributed by atoms with van der Waals surface area (Å²) in [5.41, 5.74) is 5.27. The molecule has 2 aromatic carbocycles. The highest BCUT2D eigenvalue weighted by Crippen LogP contribution is 2.28. The number of hydrogen-bond donors (Lipinski definition) is 1. The van der Waals surface area contributed by atoms with Crippen molar-refractivity contribution in [2.75, 3.05) is 6.54 Å². The van der Waals surface area contributed by atoms with Crippen molar-refractivity contribution in [2.24, 2.45) is 0 Å². The fourth-order valence-electron chi connectivity index (χ4n) is 2.40. The van der Waals surface area contributed by atoms with E-state index >= 15 is 0 Å². The lowest BCUT2D eigenvalue weighted by atomic mass is 9.94. The van der Waals surface area contributed by atoms with Crippen molar-refractivity contribution in [2.45, 2.75) is 33.2 Å². The molecular formula is C18H22BrN. The Hall–Kier alpha value is -1.12. The van der Waals surface area contributed by atoms with Crippen LogP contribution >= 0.6 is 15.9 Å². The lowest BCUT2D eigenvalue weighted by Crippen LogP contribution is -2.24. The first-order valence-corrected chi connectivity index (χ1v) is 7.97. The molecule has 1 atom stereocenters. The molecule has 1 N–H and O–H groups in total. The average Bonchev–Trinajstić information content (AvgIpc) is 2.44. The molecule has 0 spiro atoms. The standard InChI is InChI=1S/C18H22BrN/c1-4-11-20-18(16-8-6-5-7-13(16)2)15-10-9-14(3)17(19)12-15/h5-10,12,18,20H,4,11H2,1-3H3. The van der Waals surface area contributed by atoms with E-state index in [1.54, 1.807) is 0 Å². The van der Waals surface area contributed by atoms with Crippen molar-refractivity contribution in [3.8, 4) is 0 Å². The smallest absolute Gasteiger partial charge is 0.0579 e. The Morgan fingerprint density at radius 1 is 1.05 bits per heavy atom. The molecule has 106 valence electrons. The molecule has 0 amide bonds. The minimum atomic E-state index is 0.257. The molecule has 0 aliphatic heterocycles. The first-order chi connectivity index (χ1) is 9.63. The van der Waals surface area contributed by atoms with Gasteiger partial charge in [0.25, 0.3) is 0 Å². The maximum atomic E-state index is 3.67. The van der Waals surface area contributed by atoms with Crippen LogP contribution in [0.3, 0.4) is 0 Å². The van der Waals surface area contributed by atoms with Crippen LogP contribution < -0.4 is 5.32 Å². The number of hydrogen-bond acceptors (Lipinski definition) is 1. The zero-order valence-corrected chi connectivity index (χ0v) is 14.0. The molecule has 0 heterocycles. The molecule has 1 nitrogen and oxygen atoms in total. The van der Waals surface area contributed by atoms with E-state index in [0.717, 1.165) is 13.0 Å². The monoisotopic (exact) mass is 331 g/mol. The maximum absolute atomic E-state index is 3.67. The van der Waals surface area contributed by atoms with E-state index in [-0.39, 0.29) is 6.04 Å². The Morgan fingerprint density at radius 2 is 1.80 bits per heavy atom. The second kappa shape index (κ2) is 7.05. The molecule has 1 unspecified atom stereocenters. The lowest BCUT2D eigenvalue weighted by Gasteiger charge is -2.22. The van der Waals surface area contributed by atoms with E-state index in [1.165, 1.54) is 26.7 Å². The van der Waals surface area contributed by atoms with Gasteiger partial charge in [-0.15, -0.1) is 0 Å². The molecule has 2 heteroatoms. The van der Waals surface area contributed by atoms with E-state index in [2.05, 4.69) is 84.5 Å². The van der Waals surface area contributed by atoms with Crippen molar-refractivity contribution >= 4 is 15.9 Å². The Morgan fingerprint density at radius 3 is 2.45 bits per heavy atom. The molecular weight excluding hydrogens is 310 g/mol. The number of rotatable bonds is 5. The van der Waals surface area contributed by atoms with Crippen LogP contribution in [0.25, 0.3) is 0 Å². The summed E-state index contributed by atoms with van der Waals surface area (Å²) in [4.78, 5) is 0. The Balaban J connectivity index is 2.41. The van der Waals surface area contributed by atoms with Crippen molar-refractivity contribution in [3.05, 3.63) is 69.2 Å². The van der Waals surface area contributed by atoms with Crippen LogP contribution in [-0.2, 0) is 0 Å². The van der Waals surface area contributed by atoms with Crippen molar-refractivity contribution in [1.29, 1.82) is 0 Å². The van der Waals surface area contributed by atoms with Crippen LogP contribution in [0.1, 0.15) is 41.6 Å². The zero-order valence-electron chi connectivity index (χ0n) is 12.4. The van der Waals surface area contributed by atoms with Crippen LogP contribution in [0.15, 0.2) is 46.9 Å². The largest absolute Gasteiger partial charge is 0.306 e. The first kappa shape index (κ1) is 15.3. The summed E-state index contributed by atoms with van der Waals surface area (Å²) >= 11 is 3.65. The molecule has 0 aliphatic rings. The first-order valence-electron chi connectivity index (χ1n) is 7.18. The predicted molar refractivity (Wildman–Crippen MR) is 90.2 cm³/mol. The number of nitrogens with one attached hydrogen (secondary N) is 1. The topological polar surface area (TPSA) is 12.0 Å². The molecule has 0 aliphatic carbocycles. The number of halogens is 1. The van der Waals surface area contributed by atoms with Gasteiger partial charge in [-0.3, -0.25) is 0 Å². The minimum absolute atomic E-state index is 0.257. The highest BCUT2D eigenvalue weighted by molar-refractivity contribution is 9.10. The summed E-state index contributed by atoms with van der Waals surface area (Å²) < 4.78 is 1.17. The highest BCUT2D eigenvalue weighted by atomic mass is 79.9. The van der Waals surface area contributed by atoms with E-state index in [0.29, 0.717) is 0 Å². The molecule has 0 aromatic heterocycles. The van der Waals surface area contributed by atoms with Gasteiger partial charge in [0.1, 0.15) is 0 Å². The van der Waals surface area contributed by atoms with Gasteiger partial charge in [-0.2, -0.15) is 0 Å². The summed E-state index contributed by atoms with van der Waals surface area (Å²) in [6, 6.07) is 15.5. The lowest BCUT2D eigenvalue weighted by molar-refractivity contribution is 0.596. The van der Waals surface area contributed by atoms with E-state index in [9.17, 15) is 0 Å². The van der Waals surface area contributed by atoms with Crippen LogP contribution in [0.5, 0.6) is 0 Å². The van der Waals surface area contributed by atoms with Gasteiger partial charge < -0.3 is 5.32 Å². The molecule has 0 bridgehead atoms. The normalized spacial score (nSPS) is 12.4. The fourth-order valence-corrected chi connectivity index (χ4v) is 2.79.